The highest BCUT2D eigenvalue weighted by atomic mass is 16.5. The first-order valence-corrected chi connectivity index (χ1v) is 7.26. The van der Waals surface area contributed by atoms with Gasteiger partial charge in [-0.2, -0.15) is 0 Å². The maximum Gasteiger partial charge on any atom is 0.336 e. The lowest BCUT2D eigenvalue weighted by Gasteiger charge is -2.21. The fraction of sp³-hybridized carbons (Fsp3) is 0.375. The Morgan fingerprint density at radius 1 is 1.33 bits per heavy atom. The second-order valence-corrected chi connectivity index (χ2v) is 5.74. The number of carboxylic acids is 1. The smallest absolute Gasteiger partial charge is 0.336 e. The van der Waals surface area contributed by atoms with E-state index < -0.39 is 5.97 Å². The van der Waals surface area contributed by atoms with Crippen LogP contribution >= 0.6 is 0 Å². The maximum absolute atomic E-state index is 11.5. The van der Waals surface area contributed by atoms with E-state index in [4.69, 9.17) is 4.74 Å². The Labute approximate surface area is 121 Å². The monoisotopic (exact) mass is 284 g/mol. The number of ether oxygens (including phenoxy) is 1. The van der Waals surface area contributed by atoms with Crippen LogP contribution < -0.4 is 5.32 Å². The van der Waals surface area contributed by atoms with Crippen molar-refractivity contribution < 1.29 is 14.6 Å². The van der Waals surface area contributed by atoms with E-state index >= 15 is 0 Å². The summed E-state index contributed by atoms with van der Waals surface area (Å²) in [6, 6.07) is 9.18. The Balaban J connectivity index is 1.70. The van der Waals surface area contributed by atoms with Crippen molar-refractivity contribution in [1.29, 1.82) is 0 Å². The second-order valence-electron chi connectivity index (χ2n) is 5.74. The number of para-hydroxylation sites is 1. The summed E-state index contributed by atoms with van der Waals surface area (Å²) in [7, 11) is 0. The summed E-state index contributed by atoms with van der Waals surface area (Å²) < 4.78 is 5.82. The predicted octanol–water partition coefficient (Wildman–Crippen LogP) is 2.66. The first-order chi connectivity index (χ1) is 10.2. The first kappa shape index (κ1) is 12.6. The molecular formula is C16H16N2O3. The zero-order valence-corrected chi connectivity index (χ0v) is 11.5. The normalized spacial score (nSPS) is 27.1. The quantitative estimate of drug-likeness (QED) is 0.906. The van der Waals surface area contributed by atoms with Gasteiger partial charge in [-0.1, -0.05) is 18.2 Å². The van der Waals surface area contributed by atoms with Gasteiger partial charge < -0.3 is 15.2 Å². The molecule has 2 saturated heterocycles. The average molecular weight is 284 g/mol. The molecule has 2 aliphatic heterocycles. The van der Waals surface area contributed by atoms with Crippen molar-refractivity contribution >= 4 is 22.7 Å². The van der Waals surface area contributed by atoms with Crippen LogP contribution in [-0.4, -0.2) is 34.3 Å². The molecular weight excluding hydrogens is 268 g/mol. The standard InChI is InChI=1S/C16H16N2O3/c19-16(20)11-8-15(17-12-4-2-1-3-10(11)12)18-13-7-9-5-6-14(13)21-9/h1-4,8-9,13-14H,5-7H2,(H,17,18)(H,19,20). The van der Waals surface area contributed by atoms with Crippen LogP contribution in [0.4, 0.5) is 5.82 Å². The minimum Gasteiger partial charge on any atom is -0.478 e. The number of aromatic nitrogens is 1. The molecule has 3 atom stereocenters. The van der Waals surface area contributed by atoms with E-state index in [-0.39, 0.29) is 17.7 Å². The molecule has 2 aromatic rings. The highest BCUT2D eigenvalue weighted by Crippen LogP contribution is 2.36. The summed E-state index contributed by atoms with van der Waals surface area (Å²) in [6.45, 7) is 0. The summed E-state index contributed by atoms with van der Waals surface area (Å²) in [5.74, 6) is -0.312. The minimum absolute atomic E-state index is 0.233. The maximum atomic E-state index is 11.5. The lowest BCUT2D eigenvalue weighted by Crippen LogP contribution is -2.30. The van der Waals surface area contributed by atoms with Crippen LogP contribution in [0.2, 0.25) is 0 Å². The van der Waals surface area contributed by atoms with E-state index in [0.29, 0.717) is 22.8 Å². The van der Waals surface area contributed by atoms with Crippen LogP contribution in [0.5, 0.6) is 0 Å². The third-order valence-corrected chi connectivity index (χ3v) is 4.39. The van der Waals surface area contributed by atoms with Crippen molar-refractivity contribution in [1.82, 2.24) is 4.98 Å². The van der Waals surface area contributed by atoms with Crippen molar-refractivity contribution in [3.8, 4) is 0 Å². The molecule has 3 heterocycles. The van der Waals surface area contributed by atoms with Crippen LogP contribution in [0, 0.1) is 0 Å². The van der Waals surface area contributed by atoms with Crippen molar-refractivity contribution in [2.75, 3.05) is 5.32 Å². The van der Waals surface area contributed by atoms with Gasteiger partial charge in [-0.15, -0.1) is 0 Å². The van der Waals surface area contributed by atoms with Crippen LogP contribution in [0.3, 0.4) is 0 Å². The number of hydrogen-bond acceptors (Lipinski definition) is 4. The van der Waals surface area contributed by atoms with Crippen LogP contribution in [-0.2, 0) is 4.74 Å². The second kappa shape index (κ2) is 4.70. The summed E-state index contributed by atoms with van der Waals surface area (Å²) >= 11 is 0. The molecule has 0 saturated carbocycles. The zero-order chi connectivity index (χ0) is 14.4. The number of hydrogen-bond donors (Lipinski definition) is 2. The molecule has 1 aromatic carbocycles. The van der Waals surface area contributed by atoms with Crippen LogP contribution in [0.15, 0.2) is 30.3 Å². The van der Waals surface area contributed by atoms with Crippen molar-refractivity contribution in [2.45, 2.75) is 37.5 Å². The highest BCUT2D eigenvalue weighted by molar-refractivity contribution is 6.03. The molecule has 21 heavy (non-hydrogen) atoms. The molecule has 1 aromatic heterocycles. The van der Waals surface area contributed by atoms with Crippen LogP contribution in [0.1, 0.15) is 29.6 Å². The number of benzene rings is 1. The fourth-order valence-electron chi connectivity index (χ4n) is 3.41. The van der Waals surface area contributed by atoms with E-state index in [1.165, 1.54) is 0 Å². The van der Waals surface area contributed by atoms with Crippen molar-refractivity contribution in [2.24, 2.45) is 0 Å². The van der Waals surface area contributed by atoms with E-state index in [1.807, 2.05) is 18.2 Å². The molecule has 2 N–H and O–H groups in total. The molecule has 4 rings (SSSR count). The number of aromatic carboxylic acids is 1. The average Bonchev–Trinajstić information content (AvgIpc) is 3.09. The number of rotatable bonds is 3. The summed E-state index contributed by atoms with van der Waals surface area (Å²) in [5.41, 5.74) is 0.983. The first-order valence-electron chi connectivity index (χ1n) is 7.26. The summed E-state index contributed by atoms with van der Waals surface area (Å²) in [6.07, 6.45) is 3.76. The summed E-state index contributed by atoms with van der Waals surface area (Å²) in [4.78, 5) is 16.0. The zero-order valence-electron chi connectivity index (χ0n) is 11.5. The van der Waals surface area contributed by atoms with E-state index in [1.54, 1.807) is 12.1 Å². The number of nitrogens with one attached hydrogen (secondary N) is 1. The molecule has 0 amide bonds. The van der Waals surface area contributed by atoms with Gasteiger partial charge >= 0.3 is 5.97 Å². The topological polar surface area (TPSA) is 71.5 Å². The van der Waals surface area contributed by atoms with Crippen molar-refractivity contribution in [3.05, 3.63) is 35.9 Å². The van der Waals surface area contributed by atoms with Gasteiger partial charge in [-0.05, 0) is 31.4 Å². The van der Waals surface area contributed by atoms with Gasteiger partial charge in [-0.25, -0.2) is 9.78 Å². The largest absolute Gasteiger partial charge is 0.478 e. The van der Waals surface area contributed by atoms with Gasteiger partial charge in [0.15, 0.2) is 0 Å². The molecule has 2 fully saturated rings. The molecule has 0 radical (unpaired) electrons. The Bertz CT molecular complexity index is 716. The van der Waals surface area contributed by atoms with E-state index in [9.17, 15) is 9.90 Å². The fourth-order valence-corrected chi connectivity index (χ4v) is 3.41. The molecule has 2 aliphatic rings. The predicted molar refractivity (Wildman–Crippen MR) is 78.6 cm³/mol. The Kier molecular flexibility index (Phi) is 2.82. The highest BCUT2D eigenvalue weighted by Gasteiger charge is 2.40. The molecule has 108 valence electrons. The number of carboxylic acid groups (broad SMARTS) is 1. The Hall–Kier alpha value is -2.14. The van der Waals surface area contributed by atoms with E-state index in [0.717, 1.165) is 19.3 Å². The van der Waals surface area contributed by atoms with Gasteiger partial charge in [0.05, 0.1) is 29.3 Å². The third-order valence-electron chi connectivity index (χ3n) is 4.39. The van der Waals surface area contributed by atoms with E-state index in [2.05, 4.69) is 10.3 Å². The summed E-state index contributed by atoms with van der Waals surface area (Å²) in [5, 5.41) is 13.4. The Morgan fingerprint density at radius 2 is 2.19 bits per heavy atom. The van der Waals surface area contributed by atoms with Gasteiger partial charge in [0, 0.05) is 5.39 Å². The lowest BCUT2D eigenvalue weighted by molar-refractivity contribution is 0.0699. The molecule has 0 aliphatic carbocycles. The molecule has 2 bridgehead atoms. The van der Waals surface area contributed by atoms with Crippen LogP contribution in [0.25, 0.3) is 10.9 Å². The van der Waals surface area contributed by atoms with Gasteiger partial charge in [0.25, 0.3) is 0 Å². The van der Waals surface area contributed by atoms with Gasteiger partial charge in [0.1, 0.15) is 5.82 Å². The third kappa shape index (κ3) is 2.14. The Morgan fingerprint density at radius 3 is 2.90 bits per heavy atom. The number of carbonyl (C=O) groups is 1. The van der Waals surface area contributed by atoms with Gasteiger partial charge in [0.2, 0.25) is 0 Å². The number of pyridine rings is 1. The molecule has 3 unspecified atom stereocenters. The molecule has 5 nitrogen and oxygen atoms in total. The van der Waals surface area contributed by atoms with Crippen molar-refractivity contribution in [3.63, 3.8) is 0 Å². The minimum atomic E-state index is -0.930. The SMILES string of the molecule is O=C(O)c1cc(NC2CC3CCC2O3)nc2ccccc12. The number of fused-ring (bicyclic) bond motifs is 3. The number of nitrogens with zero attached hydrogens (tertiary/aromatic N) is 1. The molecule has 0 spiro atoms. The number of anilines is 1. The van der Waals surface area contributed by atoms with Gasteiger partial charge in [-0.3, -0.25) is 0 Å². The molecule has 5 heteroatoms. The lowest BCUT2D eigenvalue weighted by atomic mass is 9.95.